The third kappa shape index (κ3) is 4.05. The van der Waals surface area contributed by atoms with Crippen LogP contribution in [0.5, 0.6) is 5.88 Å². The molecule has 1 atom stereocenters. The molecular formula is C18H19N5O4. The molecule has 9 heteroatoms. The van der Waals surface area contributed by atoms with E-state index in [4.69, 9.17) is 15.6 Å². The van der Waals surface area contributed by atoms with E-state index in [1.165, 1.54) is 39.3 Å². The van der Waals surface area contributed by atoms with Crippen LogP contribution in [0.4, 0.5) is 4.79 Å². The first kappa shape index (κ1) is 18.4. The molecule has 0 saturated carbocycles. The van der Waals surface area contributed by atoms with Crippen LogP contribution >= 0.6 is 0 Å². The average Bonchev–Trinajstić information content (AvgIpc) is 3.07. The lowest BCUT2D eigenvalue weighted by Crippen LogP contribution is -2.42. The molecule has 140 valence electrons. The highest BCUT2D eigenvalue weighted by Gasteiger charge is 2.22. The highest BCUT2D eigenvalue weighted by Crippen LogP contribution is 2.20. The van der Waals surface area contributed by atoms with Crippen molar-refractivity contribution in [3.05, 3.63) is 66.9 Å². The van der Waals surface area contributed by atoms with Crippen molar-refractivity contribution >= 4 is 12.0 Å². The van der Waals surface area contributed by atoms with Gasteiger partial charge >= 0.3 is 6.09 Å². The summed E-state index contributed by atoms with van der Waals surface area (Å²) in [7, 11) is 0. The number of aliphatic hydroxyl groups is 1. The normalized spacial score (nSPS) is 14.3. The van der Waals surface area contributed by atoms with Crippen molar-refractivity contribution in [3.63, 3.8) is 0 Å². The number of hydrogen-bond acceptors (Lipinski definition) is 6. The van der Waals surface area contributed by atoms with E-state index < -0.39 is 24.6 Å². The number of para-hydroxylation sites is 1. The maximum absolute atomic E-state index is 12.4. The summed E-state index contributed by atoms with van der Waals surface area (Å²) < 4.78 is 6.97. The summed E-state index contributed by atoms with van der Waals surface area (Å²) in [6.45, 7) is 1.33. The molecule has 3 N–H and O–H groups in total. The van der Waals surface area contributed by atoms with Gasteiger partial charge in [0.1, 0.15) is 6.04 Å². The van der Waals surface area contributed by atoms with Crippen LogP contribution in [0, 0.1) is 6.92 Å². The first-order chi connectivity index (χ1) is 13.0. The average molecular weight is 369 g/mol. The van der Waals surface area contributed by atoms with Crippen LogP contribution in [0.15, 0.2) is 61.2 Å². The van der Waals surface area contributed by atoms with Crippen molar-refractivity contribution in [2.75, 3.05) is 6.61 Å². The molecule has 1 aromatic heterocycles. The molecule has 9 nitrogen and oxygen atoms in total. The van der Waals surface area contributed by atoms with Crippen LogP contribution in [0.1, 0.15) is 5.69 Å². The Hall–Kier alpha value is -3.43. The van der Waals surface area contributed by atoms with Crippen LogP contribution in [0.2, 0.25) is 0 Å². The zero-order valence-corrected chi connectivity index (χ0v) is 14.6. The van der Waals surface area contributed by atoms with Gasteiger partial charge in [-0.05, 0) is 19.1 Å². The van der Waals surface area contributed by atoms with E-state index in [2.05, 4.69) is 5.10 Å². The molecule has 0 bridgehead atoms. The molecule has 3 rings (SSSR count). The number of aryl methyl sites for hydroxylation is 1. The second-order valence-electron chi connectivity index (χ2n) is 5.78. The first-order valence-corrected chi connectivity index (χ1v) is 8.17. The maximum atomic E-state index is 12.4. The van der Waals surface area contributed by atoms with Crippen LogP contribution in [0.25, 0.3) is 5.69 Å². The molecule has 1 aliphatic heterocycles. The Kier molecular flexibility index (Phi) is 5.34. The standard InChI is InChI=1S/C18H19N5O4/c1-13-11-16(23(20-13)14-5-3-2-4-6-14)27-18(26)22-9-7-21(8-10-22)17(25)15(19)12-24/h2-11,15,24H,12,19H2,1H3/t15-/m0/s1. The minimum Gasteiger partial charge on any atom is -0.394 e. The number of nitrogens with two attached hydrogens (primary N) is 1. The zero-order valence-electron chi connectivity index (χ0n) is 14.6. The predicted octanol–water partition coefficient (Wildman–Crippen LogP) is 1.09. The van der Waals surface area contributed by atoms with E-state index in [1.807, 2.05) is 30.3 Å². The lowest BCUT2D eigenvalue weighted by molar-refractivity contribution is -0.128. The van der Waals surface area contributed by atoms with E-state index in [-0.39, 0.29) is 5.88 Å². The Bertz CT molecular complexity index is 876. The van der Waals surface area contributed by atoms with Gasteiger partial charge in [0, 0.05) is 30.9 Å². The quantitative estimate of drug-likeness (QED) is 0.834. The molecule has 1 aromatic carbocycles. The lowest BCUT2D eigenvalue weighted by atomic mass is 10.3. The number of nitrogens with zero attached hydrogens (tertiary/aromatic N) is 4. The smallest absolute Gasteiger partial charge is 0.394 e. The van der Waals surface area contributed by atoms with Gasteiger partial charge in [0.15, 0.2) is 0 Å². The minimum atomic E-state index is -1.03. The largest absolute Gasteiger partial charge is 0.424 e. The summed E-state index contributed by atoms with van der Waals surface area (Å²) in [6, 6.07) is 9.91. The Morgan fingerprint density at radius 3 is 2.41 bits per heavy atom. The van der Waals surface area contributed by atoms with E-state index in [9.17, 15) is 9.59 Å². The highest BCUT2D eigenvalue weighted by atomic mass is 16.6. The SMILES string of the molecule is Cc1cc(OC(=O)N2C=CN(C(=O)[C@@H](N)CO)C=C2)n(-c2ccccc2)n1. The van der Waals surface area contributed by atoms with Gasteiger partial charge in [-0.2, -0.15) is 5.10 Å². The number of aliphatic hydroxyl groups excluding tert-OH is 1. The summed E-state index contributed by atoms with van der Waals surface area (Å²) in [6.07, 6.45) is 4.77. The van der Waals surface area contributed by atoms with Crippen molar-refractivity contribution in [2.24, 2.45) is 5.73 Å². The number of hydrogen-bond donors (Lipinski definition) is 2. The van der Waals surface area contributed by atoms with E-state index in [0.29, 0.717) is 5.69 Å². The minimum absolute atomic E-state index is 0.270. The monoisotopic (exact) mass is 369 g/mol. The molecule has 1 aliphatic rings. The third-order valence-electron chi connectivity index (χ3n) is 3.75. The summed E-state index contributed by atoms with van der Waals surface area (Å²) in [4.78, 5) is 26.7. The molecule has 0 radical (unpaired) electrons. The molecule has 2 heterocycles. The topological polar surface area (TPSA) is 114 Å². The highest BCUT2D eigenvalue weighted by molar-refractivity contribution is 5.84. The number of amides is 2. The molecule has 0 saturated heterocycles. The number of ether oxygens (including phenoxy) is 1. The molecule has 0 fully saturated rings. The summed E-state index contributed by atoms with van der Waals surface area (Å²) in [5.41, 5.74) is 6.95. The molecule has 2 amide bonds. The summed E-state index contributed by atoms with van der Waals surface area (Å²) >= 11 is 0. The first-order valence-electron chi connectivity index (χ1n) is 8.17. The van der Waals surface area contributed by atoms with E-state index in [0.717, 1.165) is 5.69 Å². The van der Waals surface area contributed by atoms with Gasteiger partial charge in [-0.15, -0.1) is 0 Å². The van der Waals surface area contributed by atoms with Crippen LogP contribution in [-0.2, 0) is 4.79 Å². The fourth-order valence-corrected chi connectivity index (χ4v) is 2.37. The van der Waals surface area contributed by atoms with Gasteiger partial charge < -0.3 is 15.6 Å². The van der Waals surface area contributed by atoms with Gasteiger partial charge in [0.25, 0.3) is 0 Å². The zero-order chi connectivity index (χ0) is 19.4. The van der Waals surface area contributed by atoms with Crippen molar-refractivity contribution in [2.45, 2.75) is 13.0 Å². The van der Waals surface area contributed by atoms with Crippen molar-refractivity contribution in [3.8, 4) is 11.6 Å². The third-order valence-corrected chi connectivity index (χ3v) is 3.75. The second kappa shape index (κ2) is 7.85. The lowest BCUT2D eigenvalue weighted by Gasteiger charge is -2.23. The summed E-state index contributed by atoms with van der Waals surface area (Å²) in [5, 5.41) is 13.3. The van der Waals surface area contributed by atoms with Crippen LogP contribution in [-0.4, -0.2) is 49.3 Å². The van der Waals surface area contributed by atoms with Gasteiger partial charge in [0.05, 0.1) is 18.0 Å². The van der Waals surface area contributed by atoms with Gasteiger partial charge in [-0.25, -0.2) is 9.48 Å². The molecule has 0 unspecified atom stereocenters. The van der Waals surface area contributed by atoms with Crippen molar-refractivity contribution in [1.29, 1.82) is 0 Å². The molecule has 0 aliphatic carbocycles. The maximum Gasteiger partial charge on any atom is 0.424 e. The van der Waals surface area contributed by atoms with E-state index in [1.54, 1.807) is 13.0 Å². The summed E-state index contributed by atoms with van der Waals surface area (Å²) in [5.74, 6) is -0.220. The Labute approximate surface area is 155 Å². The number of aromatic nitrogens is 2. The Balaban J connectivity index is 1.71. The van der Waals surface area contributed by atoms with Crippen molar-refractivity contribution in [1.82, 2.24) is 19.6 Å². The number of carbonyl (C=O) groups excluding carboxylic acids is 2. The predicted molar refractivity (Wildman–Crippen MR) is 96.4 cm³/mol. The van der Waals surface area contributed by atoms with Crippen molar-refractivity contribution < 1.29 is 19.4 Å². The fourth-order valence-electron chi connectivity index (χ4n) is 2.37. The Morgan fingerprint density at radius 1 is 1.15 bits per heavy atom. The van der Waals surface area contributed by atoms with E-state index >= 15 is 0 Å². The van der Waals surface area contributed by atoms with Gasteiger partial charge in [-0.3, -0.25) is 14.6 Å². The van der Waals surface area contributed by atoms with Crippen LogP contribution in [0.3, 0.4) is 0 Å². The molecule has 2 aromatic rings. The van der Waals surface area contributed by atoms with Gasteiger partial charge in [-0.1, -0.05) is 18.2 Å². The van der Waals surface area contributed by atoms with Gasteiger partial charge in [0.2, 0.25) is 11.8 Å². The molecular weight excluding hydrogens is 350 g/mol. The fraction of sp³-hybridized carbons (Fsp3) is 0.167. The Morgan fingerprint density at radius 2 is 1.78 bits per heavy atom. The number of rotatable bonds is 4. The number of carbonyl (C=O) groups is 2. The molecule has 27 heavy (non-hydrogen) atoms. The second-order valence-corrected chi connectivity index (χ2v) is 5.78. The van der Waals surface area contributed by atoms with Crippen LogP contribution < -0.4 is 10.5 Å². The molecule has 0 spiro atoms. The number of benzene rings is 1.